The largest absolute Gasteiger partial charge is 0.489 e. The number of carbonyl (C=O) groups is 1. The van der Waals surface area contributed by atoms with Crippen LogP contribution in [0, 0.1) is 13.8 Å². The number of carboxylic acid groups (broad SMARTS) is 1. The highest BCUT2D eigenvalue weighted by Gasteiger charge is 2.10. The van der Waals surface area contributed by atoms with Crippen molar-refractivity contribution >= 4 is 5.97 Å². The molecule has 3 heteroatoms. The van der Waals surface area contributed by atoms with Crippen molar-refractivity contribution < 1.29 is 14.6 Å². The molecule has 19 heavy (non-hydrogen) atoms. The van der Waals surface area contributed by atoms with Gasteiger partial charge in [-0.1, -0.05) is 35.4 Å². The van der Waals surface area contributed by atoms with Crippen LogP contribution in [0.25, 0.3) is 0 Å². The third-order valence-corrected chi connectivity index (χ3v) is 2.91. The lowest BCUT2D eigenvalue weighted by molar-refractivity contribution is 0.0694. The quantitative estimate of drug-likeness (QED) is 0.909. The van der Waals surface area contributed by atoms with Crippen LogP contribution in [0.1, 0.15) is 27.0 Å². The van der Waals surface area contributed by atoms with Crippen LogP contribution in [-0.2, 0) is 6.61 Å². The Bertz CT molecular complexity index is 585. The zero-order chi connectivity index (χ0) is 13.8. The molecule has 2 aromatic carbocycles. The van der Waals surface area contributed by atoms with E-state index in [9.17, 15) is 4.79 Å². The molecule has 0 saturated carbocycles. The highest BCUT2D eigenvalue weighted by atomic mass is 16.5. The van der Waals surface area contributed by atoms with Gasteiger partial charge in [0, 0.05) is 5.56 Å². The van der Waals surface area contributed by atoms with E-state index in [1.54, 1.807) is 12.1 Å². The van der Waals surface area contributed by atoms with Gasteiger partial charge in [0.25, 0.3) is 0 Å². The summed E-state index contributed by atoms with van der Waals surface area (Å²) in [5.74, 6) is -0.186. The molecule has 0 spiro atoms. The summed E-state index contributed by atoms with van der Waals surface area (Å²) in [6, 6.07) is 13.0. The first-order chi connectivity index (χ1) is 9.06. The van der Waals surface area contributed by atoms with Gasteiger partial charge in [0.1, 0.15) is 12.4 Å². The molecule has 0 saturated heterocycles. The molecular weight excluding hydrogens is 240 g/mol. The molecule has 0 atom stereocenters. The van der Waals surface area contributed by atoms with Crippen molar-refractivity contribution in [2.24, 2.45) is 0 Å². The highest BCUT2D eigenvalue weighted by molar-refractivity contribution is 5.89. The first kappa shape index (κ1) is 13.1. The van der Waals surface area contributed by atoms with E-state index in [1.165, 1.54) is 0 Å². The van der Waals surface area contributed by atoms with Gasteiger partial charge in [-0.15, -0.1) is 0 Å². The first-order valence-electron chi connectivity index (χ1n) is 6.08. The zero-order valence-corrected chi connectivity index (χ0v) is 11.0. The molecule has 0 aliphatic rings. The van der Waals surface area contributed by atoms with Crippen LogP contribution in [0.5, 0.6) is 5.75 Å². The average Bonchev–Trinajstić information content (AvgIpc) is 2.39. The lowest BCUT2D eigenvalue weighted by atomic mass is 10.1. The highest BCUT2D eigenvalue weighted by Crippen LogP contribution is 2.17. The van der Waals surface area contributed by atoms with Crippen LogP contribution >= 0.6 is 0 Å². The van der Waals surface area contributed by atoms with E-state index < -0.39 is 5.97 Å². The van der Waals surface area contributed by atoms with Gasteiger partial charge >= 0.3 is 5.97 Å². The topological polar surface area (TPSA) is 46.5 Å². The Hall–Kier alpha value is -2.29. The van der Waals surface area contributed by atoms with E-state index in [0.717, 1.165) is 16.9 Å². The Morgan fingerprint density at radius 3 is 2.32 bits per heavy atom. The van der Waals surface area contributed by atoms with Gasteiger partial charge in [-0.3, -0.25) is 0 Å². The molecular formula is C16H16O3. The van der Waals surface area contributed by atoms with Crippen molar-refractivity contribution in [1.29, 1.82) is 0 Å². The number of hydrogen-bond acceptors (Lipinski definition) is 2. The van der Waals surface area contributed by atoms with E-state index in [1.807, 2.05) is 44.2 Å². The minimum absolute atomic E-state index is 0.255. The summed E-state index contributed by atoms with van der Waals surface area (Å²) >= 11 is 0. The molecule has 1 N–H and O–H groups in total. The maximum atomic E-state index is 11.2. The normalized spacial score (nSPS) is 10.2. The summed E-state index contributed by atoms with van der Waals surface area (Å²) in [5.41, 5.74) is 3.07. The molecule has 2 rings (SSSR count). The summed E-state index contributed by atoms with van der Waals surface area (Å²) in [4.78, 5) is 11.2. The maximum absolute atomic E-state index is 11.2. The molecule has 0 amide bonds. The summed E-state index contributed by atoms with van der Waals surface area (Å²) < 4.78 is 5.61. The molecule has 0 fully saturated rings. The number of rotatable bonds is 4. The van der Waals surface area contributed by atoms with E-state index in [2.05, 4.69) is 0 Å². The van der Waals surface area contributed by atoms with Crippen LogP contribution in [0.4, 0.5) is 0 Å². The molecule has 0 radical (unpaired) electrons. The van der Waals surface area contributed by atoms with E-state index in [-0.39, 0.29) is 6.61 Å². The Labute approximate surface area is 112 Å². The molecule has 0 aliphatic carbocycles. The smallest absolute Gasteiger partial charge is 0.336 e. The van der Waals surface area contributed by atoms with Gasteiger partial charge in [-0.2, -0.15) is 0 Å². The number of benzene rings is 2. The van der Waals surface area contributed by atoms with Crippen molar-refractivity contribution in [3.05, 3.63) is 64.7 Å². The molecule has 3 nitrogen and oxygen atoms in total. The van der Waals surface area contributed by atoms with Crippen molar-refractivity contribution in [3.63, 3.8) is 0 Å². The fourth-order valence-electron chi connectivity index (χ4n) is 1.81. The minimum atomic E-state index is -0.925. The van der Waals surface area contributed by atoms with Crippen LogP contribution in [0.2, 0.25) is 0 Å². The molecule has 0 aromatic heterocycles. The SMILES string of the molecule is Cc1ccc(OCc2ccc(C)cc2C(=O)O)cc1. The van der Waals surface area contributed by atoms with Gasteiger partial charge < -0.3 is 9.84 Å². The predicted molar refractivity (Wildman–Crippen MR) is 73.6 cm³/mol. The Balaban J connectivity index is 2.15. The van der Waals surface area contributed by atoms with Crippen LogP contribution < -0.4 is 4.74 Å². The summed E-state index contributed by atoms with van der Waals surface area (Å²) in [7, 11) is 0. The molecule has 0 unspecified atom stereocenters. The van der Waals surface area contributed by atoms with E-state index in [4.69, 9.17) is 9.84 Å². The Morgan fingerprint density at radius 1 is 1.05 bits per heavy atom. The second-order valence-corrected chi connectivity index (χ2v) is 4.57. The summed E-state index contributed by atoms with van der Waals surface area (Å²) in [6.45, 7) is 4.13. The van der Waals surface area contributed by atoms with Crippen molar-refractivity contribution in [1.82, 2.24) is 0 Å². The van der Waals surface area contributed by atoms with Gasteiger partial charge in [0.2, 0.25) is 0 Å². The van der Waals surface area contributed by atoms with E-state index >= 15 is 0 Å². The van der Waals surface area contributed by atoms with Crippen molar-refractivity contribution in [2.45, 2.75) is 20.5 Å². The third-order valence-electron chi connectivity index (χ3n) is 2.91. The number of carboxylic acids is 1. The molecule has 98 valence electrons. The molecule has 0 bridgehead atoms. The Morgan fingerprint density at radius 2 is 1.68 bits per heavy atom. The standard InChI is InChI=1S/C16H16O3/c1-11-4-7-14(8-5-11)19-10-13-6-3-12(2)9-15(13)16(17)18/h3-9H,10H2,1-2H3,(H,17,18). The summed E-state index contributed by atoms with van der Waals surface area (Å²) in [6.07, 6.45) is 0. The second-order valence-electron chi connectivity index (χ2n) is 4.57. The van der Waals surface area contributed by atoms with Crippen LogP contribution in [0.15, 0.2) is 42.5 Å². The monoisotopic (exact) mass is 256 g/mol. The van der Waals surface area contributed by atoms with E-state index in [0.29, 0.717) is 11.1 Å². The minimum Gasteiger partial charge on any atom is -0.489 e. The number of hydrogen-bond donors (Lipinski definition) is 1. The van der Waals surface area contributed by atoms with Gasteiger partial charge in [0.05, 0.1) is 5.56 Å². The molecule has 0 aliphatic heterocycles. The maximum Gasteiger partial charge on any atom is 0.336 e. The average molecular weight is 256 g/mol. The van der Waals surface area contributed by atoms with Gasteiger partial charge in [0.15, 0.2) is 0 Å². The van der Waals surface area contributed by atoms with Gasteiger partial charge in [-0.25, -0.2) is 4.79 Å². The van der Waals surface area contributed by atoms with Crippen LogP contribution in [0.3, 0.4) is 0 Å². The lowest BCUT2D eigenvalue weighted by Crippen LogP contribution is -2.06. The van der Waals surface area contributed by atoms with Crippen molar-refractivity contribution in [3.8, 4) is 5.75 Å². The lowest BCUT2D eigenvalue weighted by Gasteiger charge is -2.09. The number of ether oxygens (including phenoxy) is 1. The number of aryl methyl sites for hydroxylation is 2. The van der Waals surface area contributed by atoms with Gasteiger partial charge in [-0.05, 0) is 32.0 Å². The number of aromatic carboxylic acids is 1. The zero-order valence-electron chi connectivity index (χ0n) is 11.0. The third kappa shape index (κ3) is 3.35. The summed E-state index contributed by atoms with van der Waals surface area (Å²) in [5, 5.41) is 9.17. The van der Waals surface area contributed by atoms with Crippen molar-refractivity contribution in [2.75, 3.05) is 0 Å². The van der Waals surface area contributed by atoms with Crippen LogP contribution in [-0.4, -0.2) is 11.1 Å². The first-order valence-corrected chi connectivity index (χ1v) is 6.08. The molecule has 2 aromatic rings. The predicted octanol–water partition coefficient (Wildman–Crippen LogP) is 3.58. The molecule has 0 heterocycles. The fourth-order valence-corrected chi connectivity index (χ4v) is 1.81. The second kappa shape index (κ2) is 5.57. The Kier molecular flexibility index (Phi) is 3.85. The fraction of sp³-hybridized carbons (Fsp3) is 0.188.